The zero-order chi connectivity index (χ0) is 14.3. The second kappa shape index (κ2) is 8.26. The second-order valence-electron chi connectivity index (χ2n) is 7.01. The minimum atomic E-state index is 0.190. The molecule has 0 aliphatic heterocycles. The molecule has 1 rings (SSSR count). The van der Waals surface area contributed by atoms with Crippen molar-refractivity contribution in [2.24, 2.45) is 11.3 Å². The van der Waals surface area contributed by atoms with Gasteiger partial charge in [-0.2, -0.15) is 0 Å². The summed E-state index contributed by atoms with van der Waals surface area (Å²) < 4.78 is 0. The van der Waals surface area contributed by atoms with Crippen LogP contribution in [0, 0.1) is 11.3 Å². The van der Waals surface area contributed by atoms with E-state index in [0.29, 0.717) is 18.6 Å². The molecule has 2 heteroatoms. The van der Waals surface area contributed by atoms with E-state index >= 15 is 0 Å². The van der Waals surface area contributed by atoms with Crippen LogP contribution >= 0.6 is 0 Å². The first-order valence-corrected chi connectivity index (χ1v) is 8.41. The summed E-state index contributed by atoms with van der Waals surface area (Å²) in [6.07, 6.45) is 8.86. The molecule has 1 aliphatic carbocycles. The SMILES string of the molecule is CCC(CC)N(CC(C)C)CC1(CO)CCCCC1. The standard InChI is InChI=1S/C17H35NO/c1-5-16(6-2)18(12-15(3)4)13-17(14-19)10-8-7-9-11-17/h15-16,19H,5-14H2,1-4H3. The molecular weight excluding hydrogens is 234 g/mol. The molecule has 0 amide bonds. The van der Waals surface area contributed by atoms with Crippen LogP contribution in [-0.2, 0) is 0 Å². The van der Waals surface area contributed by atoms with E-state index in [1.54, 1.807) is 0 Å². The molecule has 0 spiro atoms. The fraction of sp³-hybridized carbons (Fsp3) is 1.00. The average Bonchev–Trinajstić information content (AvgIpc) is 2.40. The highest BCUT2D eigenvalue weighted by Crippen LogP contribution is 2.37. The molecule has 1 N–H and O–H groups in total. The number of rotatable bonds is 8. The maximum atomic E-state index is 9.93. The van der Waals surface area contributed by atoms with Crippen LogP contribution in [0.4, 0.5) is 0 Å². The summed E-state index contributed by atoms with van der Waals surface area (Å²) in [7, 11) is 0. The van der Waals surface area contributed by atoms with Gasteiger partial charge in [-0.05, 0) is 31.6 Å². The van der Waals surface area contributed by atoms with E-state index in [1.165, 1.54) is 51.5 Å². The van der Waals surface area contributed by atoms with Crippen molar-refractivity contribution >= 4 is 0 Å². The van der Waals surface area contributed by atoms with Crippen molar-refractivity contribution in [1.29, 1.82) is 0 Å². The summed E-state index contributed by atoms with van der Waals surface area (Å²) in [5, 5.41) is 9.93. The third kappa shape index (κ3) is 5.07. The first-order valence-electron chi connectivity index (χ1n) is 8.41. The minimum Gasteiger partial charge on any atom is -0.396 e. The zero-order valence-electron chi connectivity index (χ0n) is 13.6. The van der Waals surface area contributed by atoms with Crippen LogP contribution in [0.3, 0.4) is 0 Å². The summed E-state index contributed by atoms with van der Waals surface area (Å²) in [6, 6.07) is 0.688. The van der Waals surface area contributed by atoms with E-state index in [4.69, 9.17) is 0 Å². The number of hydrogen-bond acceptors (Lipinski definition) is 2. The molecule has 0 aromatic rings. The molecule has 1 fully saturated rings. The molecule has 0 aromatic carbocycles. The molecule has 0 radical (unpaired) electrons. The van der Waals surface area contributed by atoms with E-state index < -0.39 is 0 Å². The predicted octanol–water partition coefficient (Wildman–Crippen LogP) is 4.08. The number of aliphatic hydroxyl groups excluding tert-OH is 1. The molecule has 0 bridgehead atoms. The van der Waals surface area contributed by atoms with Gasteiger partial charge in [0.15, 0.2) is 0 Å². The van der Waals surface area contributed by atoms with Crippen LogP contribution in [-0.4, -0.2) is 35.7 Å². The molecule has 0 saturated heterocycles. The van der Waals surface area contributed by atoms with Gasteiger partial charge >= 0.3 is 0 Å². The monoisotopic (exact) mass is 269 g/mol. The van der Waals surface area contributed by atoms with Gasteiger partial charge in [-0.25, -0.2) is 0 Å². The van der Waals surface area contributed by atoms with Crippen LogP contribution in [0.1, 0.15) is 72.6 Å². The molecule has 0 heterocycles. The van der Waals surface area contributed by atoms with Gasteiger partial charge in [-0.15, -0.1) is 0 Å². The molecule has 2 nitrogen and oxygen atoms in total. The largest absolute Gasteiger partial charge is 0.396 e. The lowest BCUT2D eigenvalue weighted by Crippen LogP contribution is -2.47. The average molecular weight is 269 g/mol. The third-order valence-corrected chi connectivity index (χ3v) is 4.85. The van der Waals surface area contributed by atoms with Gasteiger partial charge in [0, 0.05) is 31.2 Å². The van der Waals surface area contributed by atoms with Crippen LogP contribution in [0.5, 0.6) is 0 Å². The van der Waals surface area contributed by atoms with E-state index in [0.717, 1.165) is 6.54 Å². The molecular formula is C17H35NO. The van der Waals surface area contributed by atoms with Crippen LogP contribution in [0.25, 0.3) is 0 Å². The van der Waals surface area contributed by atoms with Crippen molar-refractivity contribution in [3.63, 3.8) is 0 Å². The maximum absolute atomic E-state index is 9.93. The summed E-state index contributed by atoms with van der Waals surface area (Å²) in [4.78, 5) is 2.67. The third-order valence-electron chi connectivity index (χ3n) is 4.85. The lowest BCUT2D eigenvalue weighted by Gasteiger charge is -2.43. The highest BCUT2D eigenvalue weighted by molar-refractivity contribution is 4.87. The molecule has 0 atom stereocenters. The summed E-state index contributed by atoms with van der Waals surface area (Å²) in [5.41, 5.74) is 0.190. The quantitative estimate of drug-likeness (QED) is 0.718. The Hall–Kier alpha value is -0.0800. The summed E-state index contributed by atoms with van der Waals surface area (Å²) in [5.74, 6) is 0.708. The van der Waals surface area contributed by atoms with Crippen molar-refractivity contribution in [2.45, 2.75) is 78.7 Å². The van der Waals surface area contributed by atoms with Gasteiger partial charge in [0.1, 0.15) is 0 Å². The van der Waals surface area contributed by atoms with Crippen molar-refractivity contribution in [3.8, 4) is 0 Å². The Bertz CT molecular complexity index is 229. The lowest BCUT2D eigenvalue weighted by atomic mass is 9.74. The van der Waals surface area contributed by atoms with Crippen molar-refractivity contribution in [1.82, 2.24) is 4.90 Å². The van der Waals surface area contributed by atoms with Crippen molar-refractivity contribution in [2.75, 3.05) is 19.7 Å². The Morgan fingerprint density at radius 3 is 2.05 bits per heavy atom. The highest BCUT2D eigenvalue weighted by Gasteiger charge is 2.34. The van der Waals surface area contributed by atoms with Gasteiger partial charge in [0.05, 0.1) is 0 Å². The fourth-order valence-corrected chi connectivity index (χ4v) is 3.72. The van der Waals surface area contributed by atoms with Gasteiger partial charge in [0.25, 0.3) is 0 Å². The second-order valence-corrected chi connectivity index (χ2v) is 7.01. The Morgan fingerprint density at radius 1 is 1.05 bits per heavy atom. The summed E-state index contributed by atoms with van der Waals surface area (Å²) in [6.45, 7) is 11.9. The van der Waals surface area contributed by atoms with E-state index in [2.05, 4.69) is 32.6 Å². The predicted molar refractivity (Wildman–Crippen MR) is 83.4 cm³/mol. The van der Waals surface area contributed by atoms with Crippen LogP contribution in [0.2, 0.25) is 0 Å². The van der Waals surface area contributed by atoms with Crippen LogP contribution in [0.15, 0.2) is 0 Å². The smallest absolute Gasteiger partial charge is 0.0499 e. The normalized spacial score (nSPS) is 19.6. The van der Waals surface area contributed by atoms with Crippen molar-refractivity contribution < 1.29 is 5.11 Å². The number of aliphatic hydroxyl groups is 1. The zero-order valence-corrected chi connectivity index (χ0v) is 13.6. The van der Waals surface area contributed by atoms with E-state index in [9.17, 15) is 5.11 Å². The fourth-order valence-electron chi connectivity index (χ4n) is 3.72. The molecule has 114 valence electrons. The van der Waals surface area contributed by atoms with Gasteiger partial charge in [0.2, 0.25) is 0 Å². The Kier molecular flexibility index (Phi) is 7.38. The highest BCUT2D eigenvalue weighted by atomic mass is 16.3. The van der Waals surface area contributed by atoms with Gasteiger partial charge < -0.3 is 5.11 Å². The van der Waals surface area contributed by atoms with Crippen molar-refractivity contribution in [3.05, 3.63) is 0 Å². The first-order chi connectivity index (χ1) is 9.06. The number of nitrogens with zero attached hydrogens (tertiary/aromatic N) is 1. The first kappa shape index (κ1) is 17.0. The summed E-state index contributed by atoms with van der Waals surface area (Å²) >= 11 is 0. The Balaban J connectivity index is 2.72. The topological polar surface area (TPSA) is 23.5 Å². The van der Waals surface area contributed by atoms with E-state index in [1.807, 2.05) is 0 Å². The molecule has 1 aliphatic rings. The lowest BCUT2D eigenvalue weighted by molar-refractivity contribution is 0.0186. The minimum absolute atomic E-state index is 0.190. The molecule has 0 unspecified atom stereocenters. The van der Waals surface area contributed by atoms with E-state index in [-0.39, 0.29) is 5.41 Å². The number of hydrogen-bond donors (Lipinski definition) is 1. The molecule has 0 aromatic heterocycles. The Labute approximate surface area is 120 Å². The van der Waals surface area contributed by atoms with Gasteiger partial charge in [-0.1, -0.05) is 47.0 Å². The van der Waals surface area contributed by atoms with Gasteiger partial charge in [-0.3, -0.25) is 4.90 Å². The molecule has 1 saturated carbocycles. The molecule has 19 heavy (non-hydrogen) atoms. The maximum Gasteiger partial charge on any atom is 0.0499 e. The van der Waals surface area contributed by atoms with Crippen LogP contribution < -0.4 is 0 Å². The Morgan fingerprint density at radius 2 is 1.63 bits per heavy atom.